The van der Waals surface area contributed by atoms with Gasteiger partial charge in [-0.15, -0.1) is 0 Å². The maximum atomic E-state index is 3.47. The van der Waals surface area contributed by atoms with E-state index in [1.54, 1.807) is 0 Å². The summed E-state index contributed by atoms with van der Waals surface area (Å²) in [5.41, 5.74) is 0.539. The minimum atomic E-state index is 0.539. The highest BCUT2D eigenvalue weighted by molar-refractivity contribution is 4.91. The van der Waals surface area contributed by atoms with E-state index >= 15 is 0 Å². The van der Waals surface area contributed by atoms with Crippen molar-refractivity contribution in [3.8, 4) is 0 Å². The predicted molar refractivity (Wildman–Crippen MR) is 68.0 cm³/mol. The lowest BCUT2D eigenvalue weighted by atomic mass is 9.61. The molecule has 0 amide bonds. The van der Waals surface area contributed by atoms with Gasteiger partial charge < -0.3 is 5.32 Å². The maximum Gasteiger partial charge on any atom is 0.00672 e. The van der Waals surface area contributed by atoms with E-state index in [1.165, 1.54) is 19.3 Å². The van der Waals surface area contributed by atoms with Crippen LogP contribution in [0.4, 0.5) is 0 Å². The fourth-order valence-electron chi connectivity index (χ4n) is 3.13. The smallest absolute Gasteiger partial charge is 0.00672 e. The van der Waals surface area contributed by atoms with E-state index in [0.29, 0.717) is 5.41 Å². The van der Waals surface area contributed by atoms with Crippen LogP contribution in [-0.4, -0.2) is 13.1 Å². The maximum absolute atomic E-state index is 3.47. The van der Waals surface area contributed by atoms with Gasteiger partial charge in [-0.25, -0.2) is 0 Å². The molecule has 3 unspecified atom stereocenters. The highest BCUT2D eigenvalue weighted by Crippen LogP contribution is 2.46. The van der Waals surface area contributed by atoms with Gasteiger partial charge in [-0.3, -0.25) is 0 Å². The Kier molecular flexibility index (Phi) is 4.22. The first-order chi connectivity index (χ1) is 6.88. The van der Waals surface area contributed by atoms with Crippen molar-refractivity contribution in [2.75, 3.05) is 7.05 Å². The van der Waals surface area contributed by atoms with Crippen LogP contribution in [0.3, 0.4) is 0 Å². The predicted octanol–water partition coefficient (Wildman–Crippen LogP) is 3.69. The molecule has 1 nitrogen and oxygen atoms in total. The van der Waals surface area contributed by atoms with Crippen molar-refractivity contribution in [3.05, 3.63) is 0 Å². The van der Waals surface area contributed by atoms with Crippen LogP contribution in [0.15, 0.2) is 0 Å². The summed E-state index contributed by atoms with van der Waals surface area (Å²) < 4.78 is 0. The molecule has 1 aliphatic rings. The van der Waals surface area contributed by atoms with E-state index < -0.39 is 0 Å². The molecule has 0 bridgehead atoms. The Morgan fingerprint density at radius 3 is 2.27 bits per heavy atom. The van der Waals surface area contributed by atoms with Crippen LogP contribution in [0.5, 0.6) is 0 Å². The summed E-state index contributed by atoms with van der Waals surface area (Å²) in [6.07, 6.45) is 4.09. The fraction of sp³-hybridized carbons (Fsp3) is 1.00. The Bertz CT molecular complexity index is 196. The molecule has 1 rings (SSSR count). The second-order valence-corrected chi connectivity index (χ2v) is 6.46. The normalized spacial score (nSPS) is 33.0. The molecule has 1 aliphatic carbocycles. The summed E-state index contributed by atoms with van der Waals surface area (Å²) in [6, 6.07) is 0.754. The van der Waals surface area contributed by atoms with Crippen LogP contribution in [-0.2, 0) is 0 Å². The van der Waals surface area contributed by atoms with Gasteiger partial charge >= 0.3 is 0 Å². The SMILES string of the molecule is CNC1CCC(C)(C)C(C(C)C(C)C)C1. The number of hydrogen-bond donors (Lipinski definition) is 1. The summed E-state index contributed by atoms with van der Waals surface area (Å²) in [4.78, 5) is 0. The average Bonchev–Trinajstić information content (AvgIpc) is 2.16. The Morgan fingerprint density at radius 1 is 1.20 bits per heavy atom. The summed E-state index contributed by atoms with van der Waals surface area (Å²) in [5, 5.41) is 3.47. The topological polar surface area (TPSA) is 12.0 Å². The molecular formula is C14H29N. The number of nitrogens with one attached hydrogen (secondary N) is 1. The van der Waals surface area contributed by atoms with Crippen LogP contribution in [0.1, 0.15) is 53.9 Å². The molecule has 1 heteroatoms. The molecule has 1 fully saturated rings. The zero-order chi connectivity index (χ0) is 11.6. The standard InChI is InChI=1S/C14H29N/c1-10(2)11(3)13-9-12(15-6)7-8-14(13,4)5/h10-13,15H,7-9H2,1-6H3. The highest BCUT2D eigenvalue weighted by atomic mass is 14.9. The van der Waals surface area contributed by atoms with E-state index in [1.807, 2.05) is 0 Å². The lowest BCUT2D eigenvalue weighted by Crippen LogP contribution is -2.43. The van der Waals surface area contributed by atoms with Crippen LogP contribution in [0, 0.1) is 23.2 Å². The van der Waals surface area contributed by atoms with E-state index in [0.717, 1.165) is 23.8 Å². The fourth-order valence-corrected chi connectivity index (χ4v) is 3.13. The monoisotopic (exact) mass is 211 g/mol. The Morgan fingerprint density at radius 2 is 1.80 bits per heavy atom. The van der Waals surface area contributed by atoms with Gasteiger partial charge in [0, 0.05) is 6.04 Å². The van der Waals surface area contributed by atoms with Crippen molar-refractivity contribution < 1.29 is 0 Å². The summed E-state index contributed by atoms with van der Waals surface area (Å²) in [6.45, 7) is 12.1. The average molecular weight is 211 g/mol. The number of rotatable bonds is 3. The van der Waals surface area contributed by atoms with Crippen LogP contribution in [0.25, 0.3) is 0 Å². The minimum Gasteiger partial charge on any atom is -0.317 e. The molecule has 0 aromatic carbocycles. The first-order valence-corrected chi connectivity index (χ1v) is 6.55. The van der Waals surface area contributed by atoms with E-state index in [9.17, 15) is 0 Å². The van der Waals surface area contributed by atoms with Gasteiger partial charge in [-0.1, -0.05) is 34.6 Å². The largest absolute Gasteiger partial charge is 0.317 e. The van der Waals surface area contributed by atoms with Crippen LogP contribution >= 0.6 is 0 Å². The van der Waals surface area contributed by atoms with Crippen LogP contribution < -0.4 is 5.32 Å². The molecule has 0 aromatic rings. The molecular weight excluding hydrogens is 182 g/mol. The molecule has 0 radical (unpaired) electrons. The molecule has 90 valence electrons. The van der Waals surface area contributed by atoms with Gasteiger partial charge in [-0.2, -0.15) is 0 Å². The highest BCUT2D eigenvalue weighted by Gasteiger charge is 2.39. The molecule has 0 aromatic heterocycles. The number of hydrogen-bond acceptors (Lipinski definition) is 1. The third kappa shape index (κ3) is 2.96. The molecule has 15 heavy (non-hydrogen) atoms. The van der Waals surface area contributed by atoms with Crippen molar-refractivity contribution >= 4 is 0 Å². The quantitative estimate of drug-likeness (QED) is 0.750. The zero-order valence-corrected chi connectivity index (χ0v) is 11.4. The van der Waals surface area contributed by atoms with Crippen molar-refractivity contribution in [2.45, 2.75) is 59.9 Å². The molecule has 0 saturated heterocycles. The van der Waals surface area contributed by atoms with Crippen molar-refractivity contribution in [2.24, 2.45) is 23.2 Å². The summed E-state index contributed by atoms with van der Waals surface area (Å²) in [5.74, 6) is 2.53. The van der Waals surface area contributed by atoms with Gasteiger partial charge in [0.2, 0.25) is 0 Å². The van der Waals surface area contributed by atoms with E-state index in [4.69, 9.17) is 0 Å². The van der Waals surface area contributed by atoms with Crippen LogP contribution in [0.2, 0.25) is 0 Å². The van der Waals surface area contributed by atoms with Gasteiger partial charge in [0.05, 0.1) is 0 Å². The second kappa shape index (κ2) is 4.86. The molecule has 1 saturated carbocycles. The third-order valence-electron chi connectivity index (χ3n) is 4.77. The van der Waals surface area contributed by atoms with E-state index in [2.05, 4.69) is 47.0 Å². The summed E-state index contributed by atoms with van der Waals surface area (Å²) >= 11 is 0. The zero-order valence-electron chi connectivity index (χ0n) is 11.4. The van der Waals surface area contributed by atoms with Gasteiger partial charge in [0.25, 0.3) is 0 Å². The molecule has 3 atom stereocenters. The molecule has 0 spiro atoms. The van der Waals surface area contributed by atoms with Gasteiger partial charge in [0.1, 0.15) is 0 Å². The molecule has 0 aliphatic heterocycles. The van der Waals surface area contributed by atoms with Gasteiger partial charge in [0.15, 0.2) is 0 Å². The minimum absolute atomic E-state index is 0.539. The lowest BCUT2D eigenvalue weighted by molar-refractivity contribution is 0.0520. The van der Waals surface area contributed by atoms with Crippen molar-refractivity contribution in [1.29, 1.82) is 0 Å². The summed E-state index contributed by atoms with van der Waals surface area (Å²) in [7, 11) is 2.11. The molecule has 0 heterocycles. The Hall–Kier alpha value is -0.0400. The second-order valence-electron chi connectivity index (χ2n) is 6.46. The lowest BCUT2D eigenvalue weighted by Gasteiger charge is -2.46. The van der Waals surface area contributed by atoms with E-state index in [-0.39, 0.29) is 0 Å². The van der Waals surface area contributed by atoms with Crippen molar-refractivity contribution in [3.63, 3.8) is 0 Å². The Labute approximate surface area is 96.0 Å². The Balaban J connectivity index is 2.72. The molecule has 1 N–H and O–H groups in total. The van der Waals surface area contributed by atoms with Crippen molar-refractivity contribution in [1.82, 2.24) is 5.32 Å². The first-order valence-electron chi connectivity index (χ1n) is 6.55. The van der Waals surface area contributed by atoms with Gasteiger partial charge in [-0.05, 0) is 49.5 Å². The first kappa shape index (κ1) is 13.0. The third-order valence-corrected chi connectivity index (χ3v) is 4.77.